The van der Waals surface area contributed by atoms with Crippen molar-refractivity contribution >= 4 is 22.9 Å². The lowest BCUT2D eigenvalue weighted by atomic mass is 9.94. The SMILES string of the molecule is Clc1cc2c(s1)CCCC2NCc1cn[nH]c1. The molecule has 0 fully saturated rings. The molecular weight excluding hydrogens is 254 g/mol. The lowest BCUT2D eigenvalue weighted by molar-refractivity contribution is 0.463. The van der Waals surface area contributed by atoms with Gasteiger partial charge in [0.1, 0.15) is 0 Å². The third-order valence-corrected chi connectivity index (χ3v) is 4.53. The third-order valence-electron chi connectivity index (χ3n) is 3.19. The average molecular weight is 268 g/mol. The lowest BCUT2D eigenvalue weighted by Gasteiger charge is -2.23. The first kappa shape index (κ1) is 11.3. The monoisotopic (exact) mass is 267 g/mol. The second kappa shape index (κ2) is 4.80. The maximum absolute atomic E-state index is 6.09. The number of nitrogens with zero attached hydrogens (tertiary/aromatic N) is 1. The lowest BCUT2D eigenvalue weighted by Crippen LogP contribution is -2.23. The minimum atomic E-state index is 0.442. The number of rotatable bonds is 3. The Morgan fingerprint density at radius 3 is 3.35 bits per heavy atom. The summed E-state index contributed by atoms with van der Waals surface area (Å²) in [6.07, 6.45) is 7.40. The molecule has 0 radical (unpaired) electrons. The Balaban J connectivity index is 1.72. The van der Waals surface area contributed by atoms with Gasteiger partial charge >= 0.3 is 0 Å². The molecule has 0 spiro atoms. The zero-order chi connectivity index (χ0) is 11.7. The fourth-order valence-electron chi connectivity index (χ4n) is 2.35. The zero-order valence-corrected chi connectivity index (χ0v) is 10.9. The first-order valence-electron chi connectivity index (χ1n) is 5.82. The van der Waals surface area contributed by atoms with Gasteiger partial charge in [0.25, 0.3) is 0 Å². The smallest absolute Gasteiger partial charge is 0.0934 e. The number of fused-ring (bicyclic) bond motifs is 1. The molecule has 0 bridgehead atoms. The maximum Gasteiger partial charge on any atom is 0.0934 e. The summed E-state index contributed by atoms with van der Waals surface area (Å²) in [6, 6.07) is 2.56. The highest BCUT2D eigenvalue weighted by molar-refractivity contribution is 7.16. The van der Waals surface area contributed by atoms with Crippen LogP contribution in [0.4, 0.5) is 0 Å². The Morgan fingerprint density at radius 1 is 1.59 bits per heavy atom. The van der Waals surface area contributed by atoms with Crippen LogP contribution in [0.5, 0.6) is 0 Å². The van der Waals surface area contributed by atoms with Gasteiger partial charge < -0.3 is 5.32 Å². The fourth-order valence-corrected chi connectivity index (χ4v) is 3.73. The fraction of sp³-hybridized carbons (Fsp3) is 0.417. The van der Waals surface area contributed by atoms with Crippen LogP contribution < -0.4 is 5.32 Å². The van der Waals surface area contributed by atoms with E-state index in [0.717, 1.165) is 10.9 Å². The Labute approximate surface area is 109 Å². The molecule has 17 heavy (non-hydrogen) atoms. The quantitative estimate of drug-likeness (QED) is 0.896. The van der Waals surface area contributed by atoms with Crippen molar-refractivity contribution in [2.45, 2.75) is 31.8 Å². The normalized spacial score (nSPS) is 19.2. The summed E-state index contributed by atoms with van der Waals surface area (Å²) in [5.41, 5.74) is 2.59. The zero-order valence-electron chi connectivity index (χ0n) is 9.37. The van der Waals surface area contributed by atoms with Crippen LogP contribution in [0.25, 0.3) is 0 Å². The molecule has 2 aromatic heterocycles. The van der Waals surface area contributed by atoms with E-state index < -0.39 is 0 Å². The molecule has 1 aliphatic carbocycles. The van der Waals surface area contributed by atoms with E-state index in [1.165, 1.54) is 35.3 Å². The van der Waals surface area contributed by atoms with E-state index in [-0.39, 0.29) is 0 Å². The van der Waals surface area contributed by atoms with Crippen LogP contribution in [0.1, 0.15) is 34.9 Å². The largest absolute Gasteiger partial charge is 0.306 e. The molecule has 1 unspecified atom stereocenters. The number of hydrogen-bond acceptors (Lipinski definition) is 3. The van der Waals surface area contributed by atoms with Crippen molar-refractivity contribution in [3.05, 3.63) is 38.8 Å². The van der Waals surface area contributed by atoms with E-state index in [4.69, 9.17) is 11.6 Å². The number of aryl methyl sites for hydroxylation is 1. The van der Waals surface area contributed by atoms with Crippen molar-refractivity contribution in [3.8, 4) is 0 Å². The molecule has 3 rings (SSSR count). The van der Waals surface area contributed by atoms with Crippen LogP contribution in [0.2, 0.25) is 4.34 Å². The number of halogens is 1. The molecule has 0 saturated heterocycles. The number of H-pyrrole nitrogens is 1. The van der Waals surface area contributed by atoms with E-state index in [9.17, 15) is 0 Å². The van der Waals surface area contributed by atoms with Gasteiger partial charge in [0.2, 0.25) is 0 Å². The van der Waals surface area contributed by atoms with E-state index in [1.807, 2.05) is 12.4 Å². The van der Waals surface area contributed by atoms with Crippen molar-refractivity contribution in [3.63, 3.8) is 0 Å². The van der Waals surface area contributed by atoms with Crippen molar-refractivity contribution < 1.29 is 0 Å². The molecule has 0 aliphatic heterocycles. The van der Waals surface area contributed by atoms with Crippen LogP contribution >= 0.6 is 22.9 Å². The summed E-state index contributed by atoms with van der Waals surface area (Å²) in [5.74, 6) is 0. The van der Waals surface area contributed by atoms with Crippen molar-refractivity contribution in [1.29, 1.82) is 0 Å². The van der Waals surface area contributed by atoms with Gasteiger partial charge in [0.05, 0.1) is 10.5 Å². The van der Waals surface area contributed by atoms with E-state index in [0.29, 0.717) is 6.04 Å². The van der Waals surface area contributed by atoms with E-state index in [2.05, 4.69) is 21.6 Å². The van der Waals surface area contributed by atoms with Crippen LogP contribution in [0.3, 0.4) is 0 Å². The molecule has 5 heteroatoms. The molecule has 2 heterocycles. The maximum atomic E-state index is 6.09. The van der Waals surface area contributed by atoms with Gasteiger partial charge in [-0.3, -0.25) is 5.10 Å². The summed E-state index contributed by atoms with van der Waals surface area (Å²) in [5, 5.41) is 10.4. The van der Waals surface area contributed by atoms with Crippen molar-refractivity contribution in [2.24, 2.45) is 0 Å². The van der Waals surface area contributed by atoms with Crippen molar-refractivity contribution in [1.82, 2.24) is 15.5 Å². The summed E-state index contributed by atoms with van der Waals surface area (Å²) in [6.45, 7) is 0.855. The number of nitrogens with one attached hydrogen (secondary N) is 2. The highest BCUT2D eigenvalue weighted by Gasteiger charge is 2.22. The van der Waals surface area contributed by atoms with Crippen molar-refractivity contribution in [2.75, 3.05) is 0 Å². The minimum absolute atomic E-state index is 0.442. The molecule has 1 atom stereocenters. The first-order chi connectivity index (χ1) is 8.33. The second-order valence-corrected chi connectivity index (χ2v) is 6.13. The molecule has 0 saturated carbocycles. The van der Waals surface area contributed by atoms with Crippen LogP contribution in [-0.2, 0) is 13.0 Å². The summed E-state index contributed by atoms with van der Waals surface area (Å²) < 4.78 is 0.909. The topological polar surface area (TPSA) is 40.7 Å². The predicted molar refractivity (Wildman–Crippen MR) is 70.4 cm³/mol. The number of aromatic nitrogens is 2. The minimum Gasteiger partial charge on any atom is -0.306 e. The summed E-state index contributed by atoms with van der Waals surface area (Å²) >= 11 is 7.82. The van der Waals surface area contributed by atoms with Crippen LogP contribution in [0, 0.1) is 0 Å². The highest BCUT2D eigenvalue weighted by Crippen LogP contribution is 2.37. The summed E-state index contributed by atoms with van der Waals surface area (Å²) in [4.78, 5) is 1.45. The number of aromatic amines is 1. The molecule has 0 amide bonds. The molecule has 1 aliphatic rings. The second-order valence-electron chi connectivity index (χ2n) is 4.36. The van der Waals surface area contributed by atoms with E-state index in [1.54, 1.807) is 11.3 Å². The number of thiophene rings is 1. The Morgan fingerprint density at radius 2 is 2.53 bits per heavy atom. The molecular formula is C12H14ClN3S. The number of hydrogen-bond donors (Lipinski definition) is 2. The van der Waals surface area contributed by atoms with Gasteiger partial charge in [0.15, 0.2) is 0 Å². The molecule has 90 valence electrons. The Bertz CT molecular complexity index is 492. The third kappa shape index (κ3) is 2.39. The van der Waals surface area contributed by atoms with Gasteiger partial charge in [-0.25, -0.2) is 0 Å². The first-order valence-corrected chi connectivity index (χ1v) is 7.01. The molecule has 2 aromatic rings. The van der Waals surface area contributed by atoms with E-state index >= 15 is 0 Å². The highest BCUT2D eigenvalue weighted by atomic mass is 35.5. The summed E-state index contributed by atoms with van der Waals surface area (Å²) in [7, 11) is 0. The van der Waals surface area contributed by atoms with Gasteiger partial charge in [-0.05, 0) is 30.9 Å². The van der Waals surface area contributed by atoms with Gasteiger partial charge in [-0.1, -0.05) is 11.6 Å². The van der Waals surface area contributed by atoms with Gasteiger partial charge in [-0.2, -0.15) is 5.10 Å². The molecule has 3 nitrogen and oxygen atoms in total. The Hall–Kier alpha value is -0.840. The van der Waals surface area contributed by atoms with Gasteiger partial charge in [0, 0.05) is 29.2 Å². The average Bonchev–Trinajstić information content (AvgIpc) is 2.93. The molecule has 0 aromatic carbocycles. The molecule has 2 N–H and O–H groups in total. The predicted octanol–water partition coefficient (Wildman–Crippen LogP) is 3.29. The Kier molecular flexibility index (Phi) is 3.18. The standard InChI is InChI=1S/C12H14ClN3S/c13-12-4-9-10(2-1-3-11(9)17-12)14-5-8-6-15-16-7-8/h4,6-7,10,14H,1-3,5H2,(H,15,16). The van der Waals surface area contributed by atoms with Gasteiger partial charge in [-0.15, -0.1) is 11.3 Å². The van der Waals surface area contributed by atoms with Crippen LogP contribution in [0.15, 0.2) is 18.5 Å². The van der Waals surface area contributed by atoms with Crippen LogP contribution in [-0.4, -0.2) is 10.2 Å².